The molecule has 8 heteroatoms. The predicted octanol–water partition coefficient (Wildman–Crippen LogP) is 3.33. The summed E-state index contributed by atoms with van der Waals surface area (Å²) in [5.41, 5.74) is 0.287. The Morgan fingerprint density at radius 2 is 1.96 bits per heavy atom. The van der Waals surface area contributed by atoms with Gasteiger partial charge in [0.25, 0.3) is 0 Å². The molecule has 0 aliphatic carbocycles. The zero-order valence-electron chi connectivity index (χ0n) is 15.3. The van der Waals surface area contributed by atoms with Gasteiger partial charge in [-0.15, -0.1) is 35.3 Å². The molecule has 1 fully saturated rings. The van der Waals surface area contributed by atoms with Gasteiger partial charge in [-0.3, -0.25) is 4.99 Å². The van der Waals surface area contributed by atoms with Crippen molar-refractivity contribution < 1.29 is 9.50 Å². The van der Waals surface area contributed by atoms with Crippen molar-refractivity contribution in [2.45, 2.75) is 13.0 Å². The van der Waals surface area contributed by atoms with E-state index in [9.17, 15) is 9.50 Å². The molecule has 0 amide bonds. The van der Waals surface area contributed by atoms with Crippen LogP contribution in [0, 0.1) is 5.82 Å². The van der Waals surface area contributed by atoms with Gasteiger partial charge in [-0.1, -0.05) is 18.2 Å². The monoisotopic (exact) mass is 504 g/mol. The van der Waals surface area contributed by atoms with Gasteiger partial charge in [0.05, 0.1) is 11.5 Å². The van der Waals surface area contributed by atoms with E-state index in [2.05, 4.69) is 37.6 Å². The van der Waals surface area contributed by atoms with Crippen LogP contribution in [0.1, 0.15) is 18.6 Å². The lowest BCUT2D eigenvalue weighted by Crippen LogP contribution is -2.52. The number of aliphatic hydroxyl groups is 1. The van der Waals surface area contributed by atoms with Crippen molar-refractivity contribution >= 4 is 46.3 Å². The number of halogens is 2. The van der Waals surface area contributed by atoms with Crippen LogP contribution in [-0.2, 0) is 0 Å². The van der Waals surface area contributed by atoms with Gasteiger partial charge in [0, 0.05) is 38.3 Å². The molecule has 0 bridgehead atoms. The second-order valence-corrected chi connectivity index (χ2v) is 7.08. The van der Waals surface area contributed by atoms with Crippen LogP contribution in [0.5, 0.6) is 0 Å². The highest BCUT2D eigenvalue weighted by atomic mass is 127. The van der Waals surface area contributed by atoms with E-state index in [1.165, 1.54) is 11.1 Å². The minimum atomic E-state index is -0.947. The van der Waals surface area contributed by atoms with Crippen molar-refractivity contribution in [3.63, 3.8) is 0 Å². The zero-order chi connectivity index (χ0) is 18.4. The van der Waals surface area contributed by atoms with Gasteiger partial charge in [-0.2, -0.15) is 0 Å². The molecule has 148 valence electrons. The Morgan fingerprint density at radius 1 is 1.22 bits per heavy atom. The molecule has 2 N–H and O–H groups in total. The summed E-state index contributed by atoms with van der Waals surface area (Å²) < 4.78 is 13.8. The normalized spacial score (nSPS) is 16.0. The first-order chi connectivity index (χ1) is 12.7. The largest absolute Gasteiger partial charge is 0.386 e. The number of nitrogens with one attached hydrogen (secondary N) is 1. The van der Waals surface area contributed by atoms with Gasteiger partial charge in [-0.05, 0) is 30.5 Å². The fraction of sp³-hybridized carbons (Fsp3) is 0.421. The molecule has 1 unspecified atom stereocenters. The summed E-state index contributed by atoms with van der Waals surface area (Å²) in [6, 6.07) is 10.5. The van der Waals surface area contributed by atoms with Crippen molar-refractivity contribution in [2.75, 3.05) is 44.2 Å². The molecule has 1 aliphatic heterocycles. The van der Waals surface area contributed by atoms with Crippen LogP contribution < -0.4 is 10.2 Å². The van der Waals surface area contributed by atoms with Crippen molar-refractivity contribution in [3.05, 3.63) is 53.2 Å². The lowest BCUT2D eigenvalue weighted by molar-refractivity contribution is 0.181. The first kappa shape index (κ1) is 21.9. The van der Waals surface area contributed by atoms with Crippen molar-refractivity contribution in [2.24, 2.45) is 4.99 Å². The molecule has 2 aromatic rings. The molecule has 3 rings (SSSR count). The lowest BCUT2D eigenvalue weighted by atomic mass is 10.1. The molecule has 1 atom stereocenters. The molecule has 5 nitrogen and oxygen atoms in total. The van der Waals surface area contributed by atoms with E-state index in [0.717, 1.165) is 38.7 Å². The van der Waals surface area contributed by atoms with E-state index < -0.39 is 11.9 Å². The molecule has 1 aromatic carbocycles. The third-order valence-corrected chi connectivity index (χ3v) is 5.34. The van der Waals surface area contributed by atoms with Gasteiger partial charge in [-0.25, -0.2) is 4.39 Å². The number of hydrogen-bond donors (Lipinski definition) is 2. The number of nitrogens with zero attached hydrogens (tertiary/aromatic N) is 3. The third kappa shape index (κ3) is 5.79. The van der Waals surface area contributed by atoms with Gasteiger partial charge >= 0.3 is 0 Å². The van der Waals surface area contributed by atoms with Crippen LogP contribution in [0.25, 0.3) is 0 Å². The number of aliphatic hydroxyl groups excluding tert-OH is 1. The molecule has 0 radical (unpaired) electrons. The highest BCUT2D eigenvalue weighted by molar-refractivity contribution is 14.0. The number of rotatable bonds is 5. The fourth-order valence-electron chi connectivity index (χ4n) is 3.03. The van der Waals surface area contributed by atoms with E-state index in [4.69, 9.17) is 0 Å². The smallest absolute Gasteiger partial charge is 0.194 e. The Bertz CT molecular complexity index is 720. The van der Waals surface area contributed by atoms with E-state index >= 15 is 0 Å². The predicted molar refractivity (Wildman–Crippen MR) is 121 cm³/mol. The Kier molecular flexibility index (Phi) is 8.78. The number of guanidine groups is 1. The molecule has 1 aromatic heterocycles. The second kappa shape index (κ2) is 10.8. The van der Waals surface area contributed by atoms with Crippen LogP contribution in [0.15, 0.2) is 46.8 Å². The maximum absolute atomic E-state index is 13.8. The van der Waals surface area contributed by atoms with E-state index in [0.29, 0.717) is 0 Å². The number of piperazine rings is 1. The minimum absolute atomic E-state index is 0. The van der Waals surface area contributed by atoms with E-state index in [1.54, 1.807) is 29.5 Å². The fourth-order valence-corrected chi connectivity index (χ4v) is 3.82. The first-order valence-corrected chi connectivity index (χ1v) is 9.81. The average molecular weight is 504 g/mol. The average Bonchev–Trinajstić information content (AvgIpc) is 3.20. The summed E-state index contributed by atoms with van der Waals surface area (Å²) in [5.74, 6) is 0.374. The molecule has 2 heterocycles. The first-order valence-electron chi connectivity index (χ1n) is 8.93. The Morgan fingerprint density at radius 3 is 2.59 bits per heavy atom. The van der Waals surface area contributed by atoms with Gasteiger partial charge in [0.15, 0.2) is 5.96 Å². The van der Waals surface area contributed by atoms with Crippen molar-refractivity contribution in [1.82, 2.24) is 10.2 Å². The Balaban J connectivity index is 0.00000261. The number of anilines is 1. The lowest BCUT2D eigenvalue weighted by Gasteiger charge is -2.37. The highest BCUT2D eigenvalue weighted by Gasteiger charge is 2.21. The topological polar surface area (TPSA) is 51.1 Å². The van der Waals surface area contributed by atoms with Crippen LogP contribution in [0.2, 0.25) is 0 Å². The van der Waals surface area contributed by atoms with Gasteiger partial charge in [0.2, 0.25) is 0 Å². The molecular weight excluding hydrogens is 478 g/mol. The molecule has 1 aliphatic rings. The Labute approximate surface area is 180 Å². The standard InChI is InChI=1S/C19H25FN4OS.HI/c1-2-21-19(22-14-17(25)15-6-3-4-7-16(15)20)24-11-9-23(10-12-24)18-8-5-13-26-18;/h3-8,13,17,25H,2,9-12,14H2,1H3,(H,21,22);1H. The van der Waals surface area contributed by atoms with Crippen LogP contribution in [0.4, 0.5) is 9.39 Å². The summed E-state index contributed by atoms with van der Waals surface area (Å²) in [6.07, 6.45) is -0.947. The molecule has 0 saturated carbocycles. The van der Waals surface area contributed by atoms with Gasteiger partial charge < -0.3 is 20.2 Å². The molecule has 27 heavy (non-hydrogen) atoms. The Hall–Kier alpha value is -1.39. The number of hydrogen-bond acceptors (Lipinski definition) is 4. The van der Waals surface area contributed by atoms with E-state index in [1.807, 2.05) is 6.92 Å². The molecule has 1 saturated heterocycles. The summed E-state index contributed by atoms with van der Waals surface area (Å²) in [5, 5.41) is 16.9. The number of aliphatic imine (C=N–C) groups is 1. The number of benzene rings is 1. The maximum atomic E-state index is 13.8. The summed E-state index contributed by atoms with van der Waals surface area (Å²) in [4.78, 5) is 9.11. The van der Waals surface area contributed by atoms with Crippen LogP contribution in [-0.4, -0.2) is 55.2 Å². The highest BCUT2D eigenvalue weighted by Crippen LogP contribution is 2.22. The van der Waals surface area contributed by atoms with E-state index in [-0.39, 0.29) is 36.1 Å². The summed E-state index contributed by atoms with van der Waals surface area (Å²) in [6.45, 7) is 6.49. The zero-order valence-corrected chi connectivity index (χ0v) is 18.5. The van der Waals surface area contributed by atoms with Crippen LogP contribution in [0.3, 0.4) is 0 Å². The van der Waals surface area contributed by atoms with Crippen LogP contribution >= 0.6 is 35.3 Å². The molecule has 0 spiro atoms. The summed E-state index contributed by atoms with van der Waals surface area (Å²) in [7, 11) is 0. The minimum Gasteiger partial charge on any atom is -0.386 e. The molecular formula is C19H26FIN4OS. The quantitative estimate of drug-likeness (QED) is 0.373. The maximum Gasteiger partial charge on any atom is 0.194 e. The van der Waals surface area contributed by atoms with Crippen molar-refractivity contribution in [1.29, 1.82) is 0 Å². The SMILES string of the molecule is CCNC(=NCC(O)c1ccccc1F)N1CCN(c2cccs2)CC1.I. The summed E-state index contributed by atoms with van der Waals surface area (Å²) >= 11 is 1.76. The van der Waals surface area contributed by atoms with Gasteiger partial charge in [0.1, 0.15) is 11.9 Å². The third-order valence-electron chi connectivity index (χ3n) is 4.41. The second-order valence-electron chi connectivity index (χ2n) is 6.16. The van der Waals surface area contributed by atoms with Crippen molar-refractivity contribution in [3.8, 4) is 0 Å². The number of thiophene rings is 1.